The van der Waals surface area contributed by atoms with Crippen molar-refractivity contribution in [3.05, 3.63) is 95.1 Å². The van der Waals surface area contributed by atoms with Gasteiger partial charge in [0.05, 0.1) is 18.9 Å². The van der Waals surface area contributed by atoms with Crippen LogP contribution in [0.5, 0.6) is 11.5 Å². The molecule has 7 heteroatoms. The van der Waals surface area contributed by atoms with Gasteiger partial charge in [-0.2, -0.15) is 5.10 Å². The highest BCUT2D eigenvalue weighted by Crippen LogP contribution is 2.28. The fraction of sp³-hybridized carbons (Fsp3) is 0.125. The molecule has 3 rings (SSSR count). The van der Waals surface area contributed by atoms with Crippen molar-refractivity contribution >= 4 is 29.1 Å². The Morgan fingerprint density at radius 1 is 1.03 bits per heavy atom. The van der Waals surface area contributed by atoms with Crippen molar-refractivity contribution in [1.82, 2.24) is 0 Å². The summed E-state index contributed by atoms with van der Waals surface area (Å²) in [6.07, 6.45) is 1.56. The molecule has 0 aliphatic heterocycles. The minimum Gasteiger partial charge on any atom is -0.493 e. The second-order valence-electron chi connectivity index (χ2n) is 6.63. The van der Waals surface area contributed by atoms with E-state index >= 15 is 0 Å². The number of esters is 1. The Balaban J connectivity index is 1.63. The van der Waals surface area contributed by atoms with Crippen LogP contribution in [0, 0.1) is 6.92 Å². The van der Waals surface area contributed by atoms with E-state index < -0.39 is 5.97 Å². The number of ether oxygens (including phenoxy) is 2. The summed E-state index contributed by atoms with van der Waals surface area (Å²) in [5.74, 6) is 1.02. The Hall–Kier alpha value is -3.58. The summed E-state index contributed by atoms with van der Waals surface area (Å²) in [7, 11) is 1.51. The molecule has 2 N–H and O–H groups in total. The van der Waals surface area contributed by atoms with Crippen molar-refractivity contribution in [2.45, 2.75) is 12.7 Å². The molecular formula is C24H23N3O3S. The van der Waals surface area contributed by atoms with Crippen molar-refractivity contribution in [1.29, 1.82) is 0 Å². The van der Waals surface area contributed by atoms with Crippen LogP contribution in [-0.2, 0) is 5.75 Å². The van der Waals surface area contributed by atoms with Gasteiger partial charge in [-0.25, -0.2) is 4.79 Å². The first-order chi connectivity index (χ1) is 15.0. The van der Waals surface area contributed by atoms with Gasteiger partial charge in [-0.1, -0.05) is 59.8 Å². The van der Waals surface area contributed by atoms with Gasteiger partial charge in [0.1, 0.15) is 0 Å². The standard InChI is InChI=1S/C24H23N3O3S/c1-17-7-6-10-20(13-17)23(28)30-21-12-11-19(14-22(21)29-2)15-26-27-24(25)31-16-18-8-4-3-5-9-18/h3-15H,16H2,1-2H3,(H2,25,27). The number of carbonyl (C=O) groups is 1. The lowest BCUT2D eigenvalue weighted by atomic mass is 10.1. The molecule has 0 aliphatic rings. The van der Waals surface area contributed by atoms with Gasteiger partial charge in [0.25, 0.3) is 0 Å². The van der Waals surface area contributed by atoms with Crippen LogP contribution in [0.2, 0.25) is 0 Å². The summed E-state index contributed by atoms with van der Waals surface area (Å²) in [4.78, 5) is 12.4. The number of rotatable bonds is 7. The summed E-state index contributed by atoms with van der Waals surface area (Å²) in [6, 6.07) is 22.3. The Bertz CT molecular complexity index is 1100. The van der Waals surface area contributed by atoms with Gasteiger partial charge in [-0.05, 0) is 48.4 Å². The largest absolute Gasteiger partial charge is 0.493 e. The highest BCUT2D eigenvalue weighted by Gasteiger charge is 2.13. The van der Waals surface area contributed by atoms with Crippen LogP contribution in [0.1, 0.15) is 27.0 Å². The Morgan fingerprint density at radius 3 is 2.58 bits per heavy atom. The number of hydrogen-bond acceptors (Lipinski definition) is 6. The van der Waals surface area contributed by atoms with E-state index in [1.807, 2.05) is 49.4 Å². The summed E-state index contributed by atoms with van der Waals surface area (Å²) in [5.41, 5.74) is 9.26. The molecular weight excluding hydrogens is 410 g/mol. The zero-order valence-corrected chi connectivity index (χ0v) is 18.1. The molecule has 0 unspecified atom stereocenters. The van der Waals surface area contributed by atoms with Crippen LogP contribution in [0.3, 0.4) is 0 Å². The maximum Gasteiger partial charge on any atom is 0.343 e. The van der Waals surface area contributed by atoms with Crippen molar-refractivity contribution in [3.63, 3.8) is 0 Å². The van der Waals surface area contributed by atoms with Gasteiger partial charge in [-0.3, -0.25) is 0 Å². The zero-order valence-electron chi connectivity index (χ0n) is 17.3. The van der Waals surface area contributed by atoms with Gasteiger partial charge in [0, 0.05) is 5.75 Å². The Labute approximate surface area is 185 Å². The smallest absolute Gasteiger partial charge is 0.343 e. The molecule has 0 radical (unpaired) electrons. The van der Waals surface area contributed by atoms with Gasteiger partial charge in [0.15, 0.2) is 16.7 Å². The third-order valence-electron chi connectivity index (χ3n) is 4.24. The van der Waals surface area contributed by atoms with Crippen LogP contribution in [0.15, 0.2) is 83.0 Å². The molecule has 158 valence electrons. The predicted molar refractivity (Wildman–Crippen MR) is 126 cm³/mol. The number of thioether (sulfide) groups is 1. The van der Waals surface area contributed by atoms with Crippen LogP contribution in [0.4, 0.5) is 0 Å². The van der Waals surface area contributed by atoms with E-state index in [2.05, 4.69) is 10.2 Å². The summed E-state index contributed by atoms with van der Waals surface area (Å²) < 4.78 is 10.8. The lowest BCUT2D eigenvalue weighted by Crippen LogP contribution is -2.09. The lowest BCUT2D eigenvalue weighted by molar-refractivity contribution is 0.0729. The molecule has 0 spiro atoms. The number of hydrogen-bond donors (Lipinski definition) is 1. The third kappa shape index (κ3) is 6.72. The Morgan fingerprint density at radius 2 is 1.84 bits per heavy atom. The van der Waals surface area contributed by atoms with E-state index in [1.165, 1.54) is 18.9 Å². The highest BCUT2D eigenvalue weighted by molar-refractivity contribution is 8.13. The SMILES string of the molecule is COc1cc(C=NN=C(N)SCc2ccccc2)ccc1OC(=O)c1cccc(C)c1. The summed E-state index contributed by atoms with van der Waals surface area (Å²) in [6.45, 7) is 1.92. The van der Waals surface area contributed by atoms with Gasteiger partial charge in [-0.15, -0.1) is 5.10 Å². The van der Waals surface area contributed by atoms with E-state index in [9.17, 15) is 4.79 Å². The zero-order chi connectivity index (χ0) is 22.1. The van der Waals surface area contributed by atoms with Crippen molar-refractivity contribution in [2.75, 3.05) is 7.11 Å². The Kier molecular flexibility index (Phi) is 7.84. The number of methoxy groups -OCH3 is 1. The van der Waals surface area contributed by atoms with Crippen LogP contribution < -0.4 is 15.2 Å². The molecule has 0 saturated carbocycles. The van der Waals surface area contributed by atoms with Crippen LogP contribution >= 0.6 is 11.8 Å². The molecule has 0 amide bonds. The quantitative estimate of drug-likeness (QED) is 0.190. The van der Waals surface area contributed by atoms with E-state index in [4.69, 9.17) is 15.2 Å². The maximum absolute atomic E-state index is 12.4. The number of benzene rings is 3. The second-order valence-corrected chi connectivity index (χ2v) is 7.62. The fourth-order valence-electron chi connectivity index (χ4n) is 2.69. The molecule has 0 bridgehead atoms. The molecule has 0 saturated heterocycles. The van der Waals surface area contributed by atoms with Gasteiger partial charge < -0.3 is 15.2 Å². The molecule has 0 aromatic heterocycles. The number of nitrogens with zero attached hydrogens (tertiary/aromatic N) is 2. The lowest BCUT2D eigenvalue weighted by Gasteiger charge is -2.10. The molecule has 3 aromatic rings. The minimum atomic E-state index is -0.448. The minimum absolute atomic E-state index is 0.326. The van der Waals surface area contributed by atoms with Crippen molar-refractivity contribution in [2.24, 2.45) is 15.9 Å². The highest BCUT2D eigenvalue weighted by atomic mass is 32.2. The molecule has 0 fully saturated rings. The summed E-state index contributed by atoms with van der Waals surface area (Å²) >= 11 is 1.41. The number of carbonyl (C=O) groups excluding carboxylic acids is 1. The van der Waals surface area contributed by atoms with Crippen LogP contribution in [0.25, 0.3) is 0 Å². The molecule has 31 heavy (non-hydrogen) atoms. The van der Waals surface area contributed by atoms with E-state index in [1.54, 1.807) is 36.5 Å². The topological polar surface area (TPSA) is 86.3 Å². The van der Waals surface area contributed by atoms with Crippen molar-refractivity contribution < 1.29 is 14.3 Å². The molecule has 0 aliphatic carbocycles. The second kappa shape index (κ2) is 11.0. The molecule has 0 heterocycles. The monoisotopic (exact) mass is 433 g/mol. The molecule has 0 atom stereocenters. The maximum atomic E-state index is 12.4. The number of amidine groups is 1. The molecule has 3 aromatic carbocycles. The number of aryl methyl sites for hydroxylation is 1. The first-order valence-corrected chi connectivity index (χ1v) is 10.5. The first kappa shape index (κ1) is 22.1. The van der Waals surface area contributed by atoms with Gasteiger partial charge in [0.2, 0.25) is 0 Å². The van der Waals surface area contributed by atoms with E-state index in [0.29, 0.717) is 22.2 Å². The average molecular weight is 434 g/mol. The normalized spacial score (nSPS) is 11.5. The number of nitrogens with two attached hydrogens (primary N) is 1. The van der Waals surface area contributed by atoms with E-state index in [-0.39, 0.29) is 0 Å². The van der Waals surface area contributed by atoms with Crippen LogP contribution in [-0.4, -0.2) is 24.5 Å². The average Bonchev–Trinajstić information content (AvgIpc) is 2.79. The van der Waals surface area contributed by atoms with E-state index in [0.717, 1.165) is 22.4 Å². The fourth-order valence-corrected chi connectivity index (χ4v) is 3.30. The summed E-state index contributed by atoms with van der Waals surface area (Å²) in [5, 5.41) is 8.41. The molecule has 6 nitrogen and oxygen atoms in total. The van der Waals surface area contributed by atoms with Crippen molar-refractivity contribution in [3.8, 4) is 11.5 Å². The predicted octanol–water partition coefficient (Wildman–Crippen LogP) is 4.80. The third-order valence-corrected chi connectivity index (χ3v) is 5.09. The van der Waals surface area contributed by atoms with Gasteiger partial charge >= 0.3 is 5.97 Å². The first-order valence-electron chi connectivity index (χ1n) is 9.55.